The van der Waals surface area contributed by atoms with Crippen LogP contribution in [0.4, 0.5) is 0 Å². The lowest BCUT2D eigenvalue weighted by Crippen LogP contribution is -2.50. The summed E-state index contributed by atoms with van der Waals surface area (Å²) in [5.41, 5.74) is -0.880. The number of carbonyl (C=O) groups excluding carboxylic acids is 1. The van der Waals surface area contributed by atoms with Crippen LogP contribution in [0.2, 0.25) is 0 Å². The predicted octanol–water partition coefficient (Wildman–Crippen LogP) is 1.94. The van der Waals surface area contributed by atoms with Crippen LogP contribution < -0.4 is 0 Å². The zero-order valence-corrected chi connectivity index (χ0v) is 12.9. The molecule has 1 amide bonds. The number of likely N-dealkylation sites (tertiary alicyclic amines) is 1. The number of carboxylic acids is 1. The molecule has 6 heteroatoms. The van der Waals surface area contributed by atoms with Crippen LogP contribution in [0.3, 0.4) is 0 Å². The number of hydrogen-bond donors (Lipinski definition) is 1. The van der Waals surface area contributed by atoms with Crippen LogP contribution in [0.5, 0.6) is 0 Å². The Balaban J connectivity index is 1.95. The number of methoxy groups -OCH3 is 1. The molecule has 0 aromatic carbocycles. The molecule has 1 aromatic rings. The Labute approximate surface area is 130 Å². The van der Waals surface area contributed by atoms with E-state index in [1.165, 1.54) is 0 Å². The molecule has 2 heterocycles. The maximum atomic E-state index is 12.3. The van der Waals surface area contributed by atoms with Crippen LogP contribution in [0, 0.1) is 5.41 Å². The fourth-order valence-corrected chi connectivity index (χ4v) is 2.97. The van der Waals surface area contributed by atoms with Gasteiger partial charge >= 0.3 is 5.97 Å². The van der Waals surface area contributed by atoms with Crippen molar-refractivity contribution in [2.45, 2.75) is 32.1 Å². The standard InChI is InChI=1S/C16H23NO5/c1-21-11-8-16(15(19)20)7-3-9-17(12-16)14(18)6-5-13-4-2-10-22-13/h2,4,10H,3,5-9,11-12H2,1H3,(H,19,20)/t16-/m1/s1. The van der Waals surface area contributed by atoms with Crippen molar-refractivity contribution in [3.63, 3.8) is 0 Å². The maximum Gasteiger partial charge on any atom is 0.311 e. The van der Waals surface area contributed by atoms with E-state index in [1.807, 2.05) is 6.07 Å². The number of hydrogen-bond acceptors (Lipinski definition) is 4. The number of piperidine rings is 1. The van der Waals surface area contributed by atoms with E-state index in [0.29, 0.717) is 45.3 Å². The fourth-order valence-electron chi connectivity index (χ4n) is 2.97. The van der Waals surface area contributed by atoms with E-state index >= 15 is 0 Å². The molecule has 0 saturated carbocycles. The Morgan fingerprint density at radius 2 is 2.32 bits per heavy atom. The number of aryl methyl sites for hydroxylation is 1. The van der Waals surface area contributed by atoms with Crippen molar-refractivity contribution < 1.29 is 23.8 Å². The lowest BCUT2D eigenvalue weighted by atomic mass is 9.77. The molecule has 0 bridgehead atoms. The molecule has 1 fully saturated rings. The van der Waals surface area contributed by atoms with Crippen molar-refractivity contribution in [3.05, 3.63) is 24.2 Å². The number of furan rings is 1. The summed E-state index contributed by atoms with van der Waals surface area (Å²) < 4.78 is 10.3. The van der Waals surface area contributed by atoms with Gasteiger partial charge in [0.15, 0.2) is 0 Å². The minimum Gasteiger partial charge on any atom is -0.481 e. The highest BCUT2D eigenvalue weighted by atomic mass is 16.5. The third-order valence-corrected chi connectivity index (χ3v) is 4.33. The van der Waals surface area contributed by atoms with Crippen molar-refractivity contribution in [3.8, 4) is 0 Å². The molecule has 1 atom stereocenters. The van der Waals surface area contributed by atoms with Gasteiger partial charge in [0.1, 0.15) is 5.76 Å². The average molecular weight is 309 g/mol. The van der Waals surface area contributed by atoms with Gasteiger partial charge in [-0.3, -0.25) is 9.59 Å². The van der Waals surface area contributed by atoms with Crippen molar-refractivity contribution >= 4 is 11.9 Å². The lowest BCUT2D eigenvalue weighted by Gasteiger charge is -2.40. The van der Waals surface area contributed by atoms with E-state index in [-0.39, 0.29) is 12.5 Å². The summed E-state index contributed by atoms with van der Waals surface area (Å²) in [6.45, 7) is 1.28. The largest absolute Gasteiger partial charge is 0.481 e. The lowest BCUT2D eigenvalue weighted by molar-refractivity contribution is -0.156. The van der Waals surface area contributed by atoms with Crippen LogP contribution in [0.15, 0.2) is 22.8 Å². The van der Waals surface area contributed by atoms with Gasteiger partial charge in [-0.2, -0.15) is 0 Å². The summed E-state index contributed by atoms with van der Waals surface area (Å²) in [6, 6.07) is 3.63. The highest BCUT2D eigenvalue weighted by Crippen LogP contribution is 2.34. The first kappa shape index (κ1) is 16.5. The Hall–Kier alpha value is -1.82. The van der Waals surface area contributed by atoms with E-state index in [2.05, 4.69) is 0 Å². The first-order valence-corrected chi connectivity index (χ1v) is 7.60. The smallest absolute Gasteiger partial charge is 0.311 e. The Morgan fingerprint density at radius 3 is 2.95 bits per heavy atom. The number of rotatable bonds is 7. The molecule has 122 valence electrons. The van der Waals surface area contributed by atoms with Gasteiger partial charge in [0.05, 0.1) is 11.7 Å². The summed E-state index contributed by atoms with van der Waals surface area (Å²) in [5, 5.41) is 9.59. The normalized spacial score (nSPS) is 21.8. The topological polar surface area (TPSA) is 80.0 Å². The second kappa shape index (κ2) is 7.45. The third-order valence-electron chi connectivity index (χ3n) is 4.33. The second-order valence-electron chi connectivity index (χ2n) is 5.83. The van der Waals surface area contributed by atoms with Crippen LogP contribution in [0.25, 0.3) is 0 Å². The molecule has 1 aromatic heterocycles. The first-order chi connectivity index (χ1) is 10.6. The maximum absolute atomic E-state index is 12.3. The van der Waals surface area contributed by atoms with Gasteiger partial charge in [-0.25, -0.2) is 0 Å². The van der Waals surface area contributed by atoms with Gasteiger partial charge in [0, 0.05) is 39.6 Å². The summed E-state index contributed by atoms with van der Waals surface area (Å²) in [6.07, 6.45) is 4.20. The number of amides is 1. The minimum atomic E-state index is -0.880. The SMILES string of the molecule is COCC[C@]1(C(=O)O)CCCN(C(=O)CCc2ccco2)C1. The molecular weight excluding hydrogens is 286 g/mol. The van der Waals surface area contributed by atoms with E-state index < -0.39 is 11.4 Å². The number of carbonyl (C=O) groups is 2. The van der Waals surface area contributed by atoms with Crippen LogP contribution >= 0.6 is 0 Å². The highest BCUT2D eigenvalue weighted by Gasteiger charge is 2.43. The van der Waals surface area contributed by atoms with Gasteiger partial charge in [0.2, 0.25) is 5.91 Å². The summed E-state index contributed by atoms with van der Waals surface area (Å²) in [4.78, 5) is 25.7. The van der Waals surface area contributed by atoms with Gasteiger partial charge in [-0.15, -0.1) is 0 Å². The van der Waals surface area contributed by atoms with Gasteiger partial charge in [-0.1, -0.05) is 0 Å². The zero-order valence-electron chi connectivity index (χ0n) is 12.9. The molecule has 1 N–H and O–H groups in total. The van der Waals surface area contributed by atoms with Crippen molar-refractivity contribution in [2.24, 2.45) is 5.41 Å². The van der Waals surface area contributed by atoms with E-state index in [0.717, 1.165) is 5.76 Å². The van der Waals surface area contributed by atoms with Gasteiger partial charge in [0.25, 0.3) is 0 Å². The molecule has 0 unspecified atom stereocenters. The molecule has 6 nitrogen and oxygen atoms in total. The fraction of sp³-hybridized carbons (Fsp3) is 0.625. The second-order valence-corrected chi connectivity index (χ2v) is 5.83. The Kier molecular flexibility index (Phi) is 5.60. The predicted molar refractivity (Wildman–Crippen MR) is 79.4 cm³/mol. The summed E-state index contributed by atoms with van der Waals surface area (Å²) in [7, 11) is 1.56. The molecule has 1 saturated heterocycles. The molecular formula is C16H23NO5. The Morgan fingerprint density at radius 1 is 1.50 bits per heavy atom. The van der Waals surface area contributed by atoms with Crippen LogP contribution in [0.1, 0.15) is 31.4 Å². The summed E-state index contributed by atoms with van der Waals surface area (Å²) >= 11 is 0. The van der Waals surface area contributed by atoms with Gasteiger partial charge < -0.3 is 19.2 Å². The van der Waals surface area contributed by atoms with Crippen molar-refractivity contribution in [2.75, 3.05) is 26.8 Å². The molecule has 0 spiro atoms. The van der Waals surface area contributed by atoms with E-state index in [4.69, 9.17) is 9.15 Å². The van der Waals surface area contributed by atoms with Gasteiger partial charge in [-0.05, 0) is 31.4 Å². The van der Waals surface area contributed by atoms with E-state index in [9.17, 15) is 14.7 Å². The summed E-state index contributed by atoms with van der Waals surface area (Å²) in [5.74, 6) is -0.0820. The highest BCUT2D eigenvalue weighted by molar-refractivity contribution is 5.79. The third kappa shape index (κ3) is 3.88. The Bertz CT molecular complexity index is 499. The number of aliphatic carboxylic acids is 1. The molecule has 1 aliphatic heterocycles. The molecule has 1 aliphatic rings. The van der Waals surface area contributed by atoms with E-state index in [1.54, 1.807) is 24.3 Å². The molecule has 0 radical (unpaired) electrons. The quantitative estimate of drug-likeness (QED) is 0.832. The number of ether oxygens (including phenoxy) is 1. The van der Waals surface area contributed by atoms with Crippen molar-refractivity contribution in [1.82, 2.24) is 4.90 Å². The van der Waals surface area contributed by atoms with Crippen LogP contribution in [-0.4, -0.2) is 48.7 Å². The zero-order chi connectivity index (χ0) is 16.0. The molecule has 22 heavy (non-hydrogen) atoms. The van der Waals surface area contributed by atoms with Crippen molar-refractivity contribution in [1.29, 1.82) is 0 Å². The molecule has 0 aliphatic carbocycles. The van der Waals surface area contributed by atoms with Crippen LogP contribution in [-0.2, 0) is 20.7 Å². The first-order valence-electron chi connectivity index (χ1n) is 7.60. The number of nitrogens with zero attached hydrogens (tertiary/aromatic N) is 1. The average Bonchev–Trinajstić information content (AvgIpc) is 3.04. The molecule has 2 rings (SSSR count). The monoisotopic (exact) mass is 309 g/mol. The minimum absolute atomic E-state index is 0.0147. The number of carboxylic acid groups (broad SMARTS) is 1.